The lowest BCUT2D eigenvalue weighted by molar-refractivity contribution is 0.168. The molecule has 1 aromatic rings. The topological polar surface area (TPSA) is 39.7 Å². The number of hydrogen-bond acceptors (Lipinski definition) is 4. The highest BCUT2D eigenvalue weighted by molar-refractivity contribution is 6.32. The van der Waals surface area contributed by atoms with Crippen molar-refractivity contribution in [3.63, 3.8) is 0 Å². The number of nitrogens with one attached hydrogen (secondary N) is 1. The highest BCUT2D eigenvalue weighted by Gasteiger charge is 2.25. The minimum Gasteiger partial charge on any atom is -0.495 e. The number of piperidine rings is 1. The second-order valence-corrected chi connectivity index (χ2v) is 5.65. The molecular weight excluding hydrogens is 278 g/mol. The van der Waals surface area contributed by atoms with Crippen molar-refractivity contribution in [1.29, 1.82) is 0 Å². The van der Waals surface area contributed by atoms with Gasteiger partial charge in [-0.15, -0.1) is 0 Å². The molecule has 0 radical (unpaired) electrons. The summed E-state index contributed by atoms with van der Waals surface area (Å²) < 4.78 is 16.9. The first-order chi connectivity index (χ1) is 9.79. The normalized spacial score (nSPS) is 21.6. The van der Waals surface area contributed by atoms with Gasteiger partial charge in [0.05, 0.1) is 12.1 Å². The second-order valence-electron chi connectivity index (χ2n) is 5.25. The van der Waals surface area contributed by atoms with Gasteiger partial charge >= 0.3 is 0 Å². The van der Waals surface area contributed by atoms with E-state index in [2.05, 4.69) is 5.32 Å². The van der Waals surface area contributed by atoms with E-state index in [0.717, 1.165) is 30.0 Å². The largest absolute Gasteiger partial charge is 0.495 e. The van der Waals surface area contributed by atoms with Crippen molar-refractivity contribution in [2.24, 2.45) is 0 Å². The van der Waals surface area contributed by atoms with Gasteiger partial charge in [0.1, 0.15) is 19.0 Å². The van der Waals surface area contributed by atoms with Gasteiger partial charge in [0.25, 0.3) is 0 Å². The molecule has 0 aromatic heterocycles. The molecule has 2 aliphatic heterocycles. The third kappa shape index (κ3) is 2.67. The molecule has 0 spiro atoms. The van der Waals surface area contributed by atoms with Crippen molar-refractivity contribution >= 4 is 11.6 Å². The Bertz CT molecular complexity index is 486. The summed E-state index contributed by atoms with van der Waals surface area (Å²) in [5, 5.41) is 4.14. The van der Waals surface area contributed by atoms with Crippen molar-refractivity contribution in [2.75, 3.05) is 26.9 Å². The Balaban J connectivity index is 1.95. The van der Waals surface area contributed by atoms with E-state index in [4.69, 9.17) is 25.8 Å². The molecule has 0 bridgehead atoms. The highest BCUT2D eigenvalue weighted by atomic mass is 35.5. The average Bonchev–Trinajstić information content (AvgIpc) is 2.48. The Morgan fingerprint density at radius 2 is 2.20 bits per heavy atom. The summed E-state index contributed by atoms with van der Waals surface area (Å²) in [6.07, 6.45) is 4.54. The fraction of sp³-hybridized carbons (Fsp3) is 0.600. The van der Waals surface area contributed by atoms with Crippen LogP contribution in [0, 0.1) is 0 Å². The molecule has 0 saturated carbocycles. The molecular formula is C15H20ClNO3. The highest BCUT2D eigenvalue weighted by Crippen LogP contribution is 2.45. The quantitative estimate of drug-likeness (QED) is 0.931. The van der Waals surface area contributed by atoms with Crippen LogP contribution >= 0.6 is 11.6 Å². The van der Waals surface area contributed by atoms with E-state index in [-0.39, 0.29) is 0 Å². The van der Waals surface area contributed by atoms with Gasteiger partial charge in [-0.05, 0) is 25.8 Å². The number of methoxy groups -OCH3 is 1. The lowest BCUT2D eigenvalue weighted by atomic mass is 9.96. The average molecular weight is 298 g/mol. The Hall–Kier alpha value is -1.13. The fourth-order valence-corrected chi connectivity index (χ4v) is 3.24. The molecule has 2 heterocycles. The van der Waals surface area contributed by atoms with Crippen LogP contribution in [-0.2, 0) is 6.42 Å². The van der Waals surface area contributed by atoms with Gasteiger partial charge in [0.2, 0.25) is 0 Å². The van der Waals surface area contributed by atoms with E-state index >= 15 is 0 Å². The lowest BCUT2D eigenvalue weighted by Gasteiger charge is -2.28. The van der Waals surface area contributed by atoms with Crippen molar-refractivity contribution in [3.8, 4) is 17.2 Å². The van der Waals surface area contributed by atoms with Gasteiger partial charge in [-0.1, -0.05) is 18.0 Å². The first kappa shape index (κ1) is 13.8. The summed E-state index contributed by atoms with van der Waals surface area (Å²) in [5.41, 5.74) is 1.02. The van der Waals surface area contributed by atoms with E-state index in [1.54, 1.807) is 13.2 Å². The molecule has 3 rings (SSSR count). The molecule has 1 atom stereocenters. The van der Waals surface area contributed by atoms with E-state index in [1.165, 1.54) is 19.3 Å². The summed E-state index contributed by atoms with van der Waals surface area (Å²) in [7, 11) is 1.65. The number of fused-ring (bicyclic) bond motifs is 1. The van der Waals surface area contributed by atoms with Crippen LogP contribution in [0.15, 0.2) is 6.07 Å². The zero-order valence-corrected chi connectivity index (χ0v) is 12.5. The molecule has 2 aliphatic rings. The zero-order valence-electron chi connectivity index (χ0n) is 11.7. The number of halogens is 1. The van der Waals surface area contributed by atoms with Gasteiger partial charge < -0.3 is 19.5 Å². The van der Waals surface area contributed by atoms with Crippen molar-refractivity contribution in [2.45, 2.75) is 31.7 Å². The third-order valence-electron chi connectivity index (χ3n) is 3.90. The fourth-order valence-electron chi connectivity index (χ4n) is 2.95. The van der Waals surface area contributed by atoms with E-state index in [1.807, 2.05) is 0 Å². The monoisotopic (exact) mass is 297 g/mol. The summed E-state index contributed by atoms with van der Waals surface area (Å²) in [5.74, 6) is 2.24. The van der Waals surface area contributed by atoms with Crippen LogP contribution in [0.1, 0.15) is 24.8 Å². The minimum absolute atomic E-state index is 0.450. The molecule has 0 aliphatic carbocycles. The number of hydrogen-bond donors (Lipinski definition) is 1. The Labute approximate surface area is 124 Å². The van der Waals surface area contributed by atoms with Gasteiger partial charge in [-0.2, -0.15) is 0 Å². The number of benzene rings is 1. The Morgan fingerprint density at radius 1 is 1.35 bits per heavy atom. The maximum atomic E-state index is 6.30. The second kappa shape index (κ2) is 6.10. The SMILES string of the molecule is COc1c(Cl)cc2c(c1CC1CCCCN1)OCCO2. The predicted molar refractivity (Wildman–Crippen MR) is 78.3 cm³/mol. The standard InChI is InChI=1S/C15H20ClNO3/c1-18-14-11(8-10-4-2-3-5-17-10)15-13(9-12(14)16)19-6-7-20-15/h9-10,17H,2-8H2,1H3. The molecule has 1 aromatic carbocycles. The van der Waals surface area contributed by atoms with Crippen LogP contribution in [0.2, 0.25) is 5.02 Å². The third-order valence-corrected chi connectivity index (χ3v) is 4.18. The molecule has 1 N–H and O–H groups in total. The summed E-state index contributed by atoms with van der Waals surface area (Å²) >= 11 is 6.30. The van der Waals surface area contributed by atoms with Gasteiger partial charge in [-0.3, -0.25) is 0 Å². The molecule has 1 fully saturated rings. The summed E-state index contributed by atoms with van der Waals surface area (Å²) in [4.78, 5) is 0. The first-order valence-electron chi connectivity index (χ1n) is 7.18. The van der Waals surface area contributed by atoms with Gasteiger partial charge in [0.15, 0.2) is 11.5 Å². The van der Waals surface area contributed by atoms with Gasteiger partial charge in [0, 0.05) is 17.7 Å². The van der Waals surface area contributed by atoms with Crippen LogP contribution in [0.25, 0.3) is 0 Å². The van der Waals surface area contributed by atoms with Crippen LogP contribution in [-0.4, -0.2) is 32.9 Å². The number of ether oxygens (including phenoxy) is 3. The van der Waals surface area contributed by atoms with E-state index < -0.39 is 0 Å². The first-order valence-corrected chi connectivity index (χ1v) is 7.55. The van der Waals surface area contributed by atoms with Crippen LogP contribution in [0.4, 0.5) is 0 Å². The van der Waals surface area contributed by atoms with Gasteiger partial charge in [-0.25, -0.2) is 0 Å². The van der Waals surface area contributed by atoms with E-state index in [9.17, 15) is 0 Å². The van der Waals surface area contributed by atoms with Crippen molar-refractivity contribution < 1.29 is 14.2 Å². The smallest absolute Gasteiger partial charge is 0.168 e. The lowest BCUT2D eigenvalue weighted by Crippen LogP contribution is -2.36. The molecule has 4 nitrogen and oxygen atoms in total. The summed E-state index contributed by atoms with van der Waals surface area (Å²) in [6.45, 7) is 2.22. The molecule has 5 heteroatoms. The predicted octanol–water partition coefficient (Wildman–Crippen LogP) is 2.80. The van der Waals surface area contributed by atoms with Crippen LogP contribution in [0.5, 0.6) is 17.2 Å². The maximum absolute atomic E-state index is 6.30. The molecule has 110 valence electrons. The van der Waals surface area contributed by atoms with Crippen molar-refractivity contribution in [3.05, 3.63) is 16.7 Å². The molecule has 0 amide bonds. The Morgan fingerprint density at radius 3 is 2.95 bits per heavy atom. The molecule has 1 unspecified atom stereocenters. The maximum Gasteiger partial charge on any atom is 0.168 e. The number of rotatable bonds is 3. The van der Waals surface area contributed by atoms with Crippen LogP contribution in [0.3, 0.4) is 0 Å². The van der Waals surface area contributed by atoms with Crippen LogP contribution < -0.4 is 19.5 Å². The summed E-state index contributed by atoms with van der Waals surface area (Å²) in [6, 6.07) is 2.23. The Kier molecular flexibility index (Phi) is 4.22. The van der Waals surface area contributed by atoms with E-state index in [0.29, 0.717) is 30.0 Å². The minimum atomic E-state index is 0.450. The van der Waals surface area contributed by atoms with Crippen molar-refractivity contribution in [1.82, 2.24) is 5.32 Å². The zero-order chi connectivity index (χ0) is 13.9. The molecule has 1 saturated heterocycles. The molecule has 20 heavy (non-hydrogen) atoms.